The van der Waals surface area contributed by atoms with Crippen molar-refractivity contribution in [1.82, 2.24) is 15.0 Å². The molecule has 2 heterocycles. The molecule has 156 valence electrons. The van der Waals surface area contributed by atoms with E-state index in [1.807, 2.05) is 0 Å². The van der Waals surface area contributed by atoms with Crippen molar-refractivity contribution in [3.8, 4) is 6.01 Å². The Morgan fingerprint density at radius 2 is 1.93 bits per heavy atom. The first-order valence-electron chi connectivity index (χ1n) is 8.47. The van der Waals surface area contributed by atoms with Gasteiger partial charge in [0.05, 0.1) is 12.1 Å². The van der Waals surface area contributed by atoms with E-state index in [0.29, 0.717) is 13.5 Å². The summed E-state index contributed by atoms with van der Waals surface area (Å²) in [6.45, 7) is -0.0139. The zero-order chi connectivity index (χ0) is 21.2. The maximum atomic E-state index is 13.1. The molecular formula is C17H16F5N5O2. The third-order valence-electron chi connectivity index (χ3n) is 3.81. The van der Waals surface area contributed by atoms with E-state index in [2.05, 4.69) is 20.3 Å². The molecule has 1 N–H and O–H groups in total. The zero-order valence-corrected chi connectivity index (χ0v) is 15.1. The summed E-state index contributed by atoms with van der Waals surface area (Å²) in [7, 11) is 0. The number of nitrogens with one attached hydrogen (secondary N) is 1. The van der Waals surface area contributed by atoms with Gasteiger partial charge in [-0.05, 0) is 18.2 Å². The summed E-state index contributed by atoms with van der Waals surface area (Å²) in [5, 5.41) is 2.59. The molecule has 1 aliphatic rings. The molecule has 29 heavy (non-hydrogen) atoms. The second kappa shape index (κ2) is 7.76. The highest BCUT2D eigenvalue weighted by Crippen LogP contribution is 2.31. The van der Waals surface area contributed by atoms with Gasteiger partial charge >= 0.3 is 12.2 Å². The Morgan fingerprint density at radius 3 is 2.55 bits per heavy atom. The Bertz CT molecular complexity index is 901. The number of ketones is 1. The van der Waals surface area contributed by atoms with Crippen molar-refractivity contribution in [2.75, 3.05) is 29.9 Å². The first-order chi connectivity index (χ1) is 13.5. The second-order valence-electron chi connectivity index (χ2n) is 6.51. The lowest BCUT2D eigenvalue weighted by Gasteiger charge is -2.17. The third kappa shape index (κ3) is 5.72. The number of aromatic nitrogens is 3. The Hall–Kier alpha value is -3.05. The monoisotopic (exact) mass is 417 g/mol. The second-order valence-corrected chi connectivity index (χ2v) is 6.51. The highest BCUT2D eigenvalue weighted by Gasteiger charge is 2.30. The van der Waals surface area contributed by atoms with Crippen LogP contribution in [0.4, 0.5) is 39.5 Å². The number of ether oxygens (including phenoxy) is 1. The summed E-state index contributed by atoms with van der Waals surface area (Å²) in [5.41, 5.74) is -0.856. The molecule has 1 fully saturated rings. The van der Waals surface area contributed by atoms with Crippen molar-refractivity contribution in [2.45, 2.75) is 25.4 Å². The molecule has 0 aliphatic carbocycles. The number of hydrogen-bond donors (Lipinski definition) is 1. The molecule has 0 radical (unpaired) electrons. The highest BCUT2D eigenvalue weighted by atomic mass is 19.4. The molecule has 1 aromatic carbocycles. The number of halogens is 5. The van der Waals surface area contributed by atoms with E-state index in [1.54, 1.807) is 0 Å². The van der Waals surface area contributed by atoms with Gasteiger partial charge in [-0.15, -0.1) is 0 Å². The summed E-state index contributed by atoms with van der Waals surface area (Å²) in [4.78, 5) is 24.8. The molecule has 0 atom stereocenters. The van der Waals surface area contributed by atoms with E-state index >= 15 is 0 Å². The van der Waals surface area contributed by atoms with Gasteiger partial charge in [-0.1, -0.05) is 6.07 Å². The van der Waals surface area contributed by atoms with Crippen molar-refractivity contribution < 1.29 is 31.5 Å². The maximum Gasteiger partial charge on any atom is 0.416 e. The Morgan fingerprint density at radius 1 is 1.17 bits per heavy atom. The number of nitrogens with zero attached hydrogens (tertiary/aromatic N) is 4. The number of carbonyl (C=O) groups excluding carboxylic acids is 1. The summed E-state index contributed by atoms with van der Waals surface area (Å²) in [6.07, 6.45) is -4.27. The number of anilines is 3. The Labute approximate surface area is 161 Å². The van der Waals surface area contributed by atoms with Gasteiger partial charge in [0, 0.05) is 25.6 Å². The molecule has 7 nitrogen and oxygen atoms in total. The van der Waals surface area contributed by atoms with Gasteiger partial charge in [-0.3, -0.25) is 4.79 Å². The molecule has 0 amide bonds. The number of hydrogen-bond acceptors (Lipinski definition) is 7. The van der Waals surface area contributed by atoms with E-state index in [-0.39, 0.29) is 36.3 Å². The van der Waals surface area contributed by atoms with Gasteiger partial charge in [-0.25, -0.2) is 8.78 Å². The number of carbonyl (C=O) groups is 1. The molecule has 12 heteroatoms. The molecule has 1 aromatic heterocycles. The summed E-state index contributed by atoms with van der Waals surface area (Å²) in [6, 6.07) is 3.87. The van der Waals surface area contributed by atoms with Crippen molar-refractivity contribution >= 4 is 23.4 Å². The summed E-state index contributed by atoms with van der Waals surface area (Å²) in [5.74, 6) is -3.41. The SMILES string of the molecule is CC(F)(F)COc1nc(Nc2cccc(C(F)(F)F)c2)nc(N2CCC(=O)C2)n1. The normalized spacial score (nSPS) is 15.0. The van der Waals surface area contributed by atoms with Crippen LogP contribution in [-0.4, -0.2) is 46.4 Å². The van der Waals surface area contributed by atoms with Crippen LogP contribution in [0.3, 0.4) is 0 Å². The topological polar surface area (TPSA) is 80.2 Å². The lowest BCUT2D eigenvalue weighted by molar-refractivity contribution is -0.137. The number of alkyl halides is 5. The predicted octanol–water partition coefficient (Wildman–Crippen LogP) is 3.45. The van der Waals surface area contributed by atoms with E-state index in [1.165, 1.54) is 17.0 Å². The van der Waals surface area contributed by atoms with E-state index in [0.717, 1.165) is 12.1 Å². The maximum absolute atomic E-state index is 13.1. The lowest BCUT2D eigenvalue weighted by atomic mass is 10.2. The van der Waals surface area contributed by atoms with Crippen LogP contribution in [0, 0.1) is 0 Å². The Kier molecular flexibility index (Phi) is 5.53. The van der Waals surface area contributed by atoms with Crippen LogP contribution in [0.1, 0.15) is 18.9 Å². The summed E-state index contributed by atoms with van der Waals surface area (Å²) < 4.78 is 69.8. The van der Waals surface area contributed by atoms with Crippen LogP contribution in [0.25, 0.3) is 0 Å². The third-order valence-corrected chi connectivity index (χ3v) is 3.81. The molecule has 0 bridgehead atoms. The fourth-order valence-electron chi connectivity index (χ4n) is 2.50. The minimum atomic E-state index is -4.54. The average molecular weight is 417 g/mol. The number of rotatable bonds is 6. The molecule has 0 unspecified atom stereocenters. The average Bonchev–Trinajstić information content (AvgIpc) is 3.05. The molecule has 1 saturated heterocycles. The number of Topliss-reactive ketones (excluding diaryl/α,β-unsaturated/α-hetero) is 1. The van der Waals surface area contributed by atoms with Crippen LogP contribution >= 0.6 is 0 Å². The molecule has 3 rings (SSSR count). The minimum Gasteiger partial charge on any atom is -0.457 e. The fraction of sp³-hybridized carbons (Fsp3) is 0.412. The van der Waals surface area contributed by atoms with Crippen LogP contribution in [0.5, 0.6) is 6.01 Å². The molecular weight excluding hydrogens is 401 g/mol. The predicted molar refractivity (Wildman–Crippen MR) is 92.5 cm³/mol. The van der Waals surface area contributed by atoms with Crippen molar-refractivity contribution in [1.29, 1.82) is 0 Å². The first kappa shape index (κ1) is 20.7. The van der Waals surface area contributed by atoms with Gasteiger partial charge in [0.1, 0.15) is 0 Å². The fourth-order valence-corrected chi connectivity index (χ4v) is 2.50. The van der Waals surface area contributed by atoms with E-state index in [9.17, 15) is 26.7 Å². The highest BCUT2D eigenvalue weighted by molar-refractivity contribution is 5.86. The lowest BCUT2D eigenvalue weighted by Crippen LogP contribution is -2.25. The molecule has 0 spiro atoms. The van der Waals surface area contributed by atoms with Crippen molar-refractivity contribution in [3.05, 3.63) is 29.8 Å². The first-order valence-corrected chi connectivity index (χ1v) is 8.47. The molecule has 0 saturated carbocycles. The van der Waals surface area contributed by atoms with E-state index in [4.69, 9.17) is 4.74 Å². The van der Waals surface area contributed by atoms with Crippen LogP contribution < -0.4 is 15.0 Å². The van der Waals surface area contributed by atoms with Crippen molar-refractivity contribution in [2.24, 2.45) is 0 Å². The van der Waals surface area contributed by atoms with Gasteiger partial charge in [0.15, 0.2) is 12.4 Å². The standard InChI is InChI=1S/C17H16F5N5O2/c1-16(18,19)9-29-15-25-13(24-14(26-15)27-6-5-12(28)8-27)23-11-4-2-3-10(7-11)17(20,21)22/h2-4,7H,5-6,8-9H2,1H3,(H,23,24,25,26). The van der Waals surface area contributed by atoms with Crippen LogP contribution in [-0.2, 0) is 11.0 Å². The van der Waals surface area contributed by atoms with Gasteiger partial charge in [0.25, 0.3) is 5.92 Å². The number of benzene rings is 1. The molecule has 2 aromatic rings. The van der Waals surface area contributed by atoms with Gasteiger partial charge in [-0.2, -0.15) is 28.1 Å². The van der Waals surface area contributed by atoms with Crippen LogP contribution in [0.2, 0.25) is 0 Å². The van der Waals surface area contributed by atoms with E-state index < -0.39 is 30.3 Å². The largest absolute Gasteiger partial charge is 0.457 e. The van der Waals surface area contributed by atoms with Crippen LogP contribution in [0.15, 0.2) is 24.3 Å². The van der Waals surface area contributed by atoms with Crippen molar-refractivity contribution in [3.63, 3.8) is 0 Å². The quantitative estimate of drug-likeness (QED) is 0.721. The molecule has 1 aliphatic heterocycles. The Balaban J connectivity index is 1.89. The summed E-state index contributed by atoms with van der Waals surface area (Å²) >= 11 is 0. The zero-order valence-electron chi connectivity index (χ0n) is 15.1. The minimum absolute atomic E-state index is 0.00487. The smallest absolute Gasteiger partial charge is 0.416 e. The van der Waals surface area contributed by atoms with Gasteiger partial charge in [0.2, 0.25) is 11.9 Å². The van der Waals surface area contributed by atoms with Gasteiger partial charge < -0.3 is 15.0 Å².